The van der Waals surface area contributed by atoms with Crippen molar-refractivity contribution < 1.29 is 29.4 Å². The van der Waals surface area contributed by atoms with Crippen molar-refractivity contribution in [2.45, 2.75) is 0 Å². The van der Waals surface area contributed by atoms with Crippen LogP contribution in [-0.2, 0) is 19.2 Å². The van der Waals surface area contributed by atoms with E-state index < -0.39 is 33.7 Å². The number of carbonyl (C=O) groups is 4. The predicted octanol–water partition coefficient (Wildman–Crippen LogP) is 3.97. The summed E-state index contributed by atoms with van der Waals surface area (Å²) in [4.78, 5) is 54.3. The van der Waals surface area contributed by atoms with E-state index in [1.807, 2.05) is 0 Å². The highest BCUT2D eigenvalue weighted by Crippen LogP contribution is 2.39. The molecule has 0 radical (unpaired) electrons. The lowest BCUT2D eigenvalue weighted by Gasteiger charge is -2.23. The van der Waals surface area contributed by atoms with Crippen molar-refractivity contribution in [1.82, 2.24) is 0 Å². The molecule has 4 N–H and O–H groups in total. The Balaban J connectivity index is 1.47. The fourth-order valence-corrected chi connectivity index (χ4v) is 4.38. The number of hydrogen-bond acceptors (Lipinski definition) is 8. The number of rotatable bonds is 6. The fraction of sp³-hybridized carbons (Fsp3) is 0. The molecule has 5 rings (SSSR count). The average molecular weight is 551 g/mol. The highest BCUT2D eigenvalue weighted by molar-refractivity contribution is 6.55. The topological polar surface area (TPSA) is 139 Å². The number of para-hydroxylation sites is 2. The molecule has 0 spiro atoms. The van der Waals surface area contributed by atoms with E-state index >= 15 is 0 Å². The van der Waals surface area contributed by atoms with Crippen LogP contribution in [0.2, 0.25) is 0 Å². The van der Waals surface area contributed by atoms with Gasteiger partial charge in [-0.05, 0) is 36.4 Å². The zero-order valence-electron chi connectivity index (χ0n) is 19.1. The molecule has 38 heavy (non-hydrogen) atoms. The van der Waals surface area contributed by atoms with Crippen molar-refractivity contribution in [3.05, 3.63) is 94.3 Å². The largest absolute Gasteiger partial charge is 0.508 e. The quantitative estimate of drug-likeness (QED) is 0.338. The molecule has 2 heterocycles. The van der Waals surface area contributed by atoms with Gasteiger partial charge in [0.05, 0.1) is 11.4 Å². The van der Waals surface area contributed by atoms with E-state index in [9.17, 15) is 29.4 Å². The maximum Gasteiger partial charge on any atom is 0.283 e. The van der Waals surface area contributed by atoms with Gasteiger partial charge >= 0.3 is 0 Å². The van der Waals surface area contributed by atoms with Gasteiger partial charge in [-0.3, -0.25) is 19.2 Å². The monoisotopic (exact) mass is 550 g/mol. The lowest BCUT2D eigenvalue weighted by atomic mass is 10.2. The smallest absolute Gasteiger partial charge is 0.283 e. The first-order chi connectivity index (χ1) is 18.2. The number of nitrogens with one attached hydrogen (secondary N) is 2. The molecule has 190 valence electrons. The van der Waals surface area contributed by atoms with Crippen LogP contribution >= 0.6 is 23.2 Å². The van der Waals surface area contributed by atoms with E-state index in [0.29, 0.717) is 11.4 Å². The lowest BCUT2D eigenvalue weighted by Crippen LogP contribution is -2.37. The van der Waals surface area contributed by atoms with Crippen molar-refractivity contribution in [2.24, 2.45) is 0 Å². The molecular weight excluding hydrogens is 535 g/mol. The number of phenolic OH excluding ortho intramolecular Hbond substituents is 2. The molecule has 0 aromatic heterocycles. The number of imide groups is 2. The second-order valence-electron chi connectivity index (χ2n) is 8.11. The van der Waals surface area contributed by atoms with Crippen LogP contribution in [-0.4, -0.2) is 33.8 Å². The van der Waals surface area contributed by atoms with Crippen molar-refractivity contribution >= 4 is 69.6 Å². The second-order valence-corrected chi connectivity index (χ2v) is 8.86. The summed E-state index contributed by atoms with van der Waals surface area (Å²) in [6.07, 6.45) is 0. The molecule has 0 saturated heterocycles. The van der Waals surface area contributed by atoms with Crippen molar-refractivity contribution in [3.8, 4) is 11.5 Å². The number of carbonyl (C=O) groups excluding carboxylic acids is 4. The van der Waals surface area contributed by atoms with Crippen LogP contribution in [0.25, 0.3) is 0 Å². The summed E-state index contributed by atoms with van der Waals surface area (Å²) in [6.45, 7) is 0. The minimum absolute atomic E-state index is 0.0729. The molecule has 0 unspecified atom stereocenters. The van der Waals surface area contributed by atoms with Crippen LogP contribution < -0.4 is 20.4 Å². The van der Waals surface area contributed by atoms with Crippen molar-refractivity contribution in [2.75, 3.05) is 20.4 Å². The van der Waals surface area contributed by atoms with Crippen LogP contribution in [0.4, 0.5) is 22.7 Å². The van der Waals surface area contributed by atoms with Gasteiger partial charge in [-0.2, -0.15) is 0 Å². The van der Waals surface area contributed by atoms with Gasteiger partial charge in [-0.1, -0.05) is 47.5 Å². The summed E-state index contributed by atoms with van der Waals surface area (Å²) in [5, 5.41) is 24.0. The third kappa shape index (κ3) is 4.21. The van der Waals surface area contributed by atoms with E-state index in [2.05, 4.69) is 10.6 Å². The number of aromatic hydroxyl groups is 2. The van der Waals surface area contributed by atoms with Gasteiger partial charge in [0, 0.05) is 23.5 Å². The van der Waals surface area contributed by atoms with Crippen LogP contribution in [0.3, 0.4) is 0 Å². The number of benzene rings is 3. The van der Waals surface area contributed by atoms with E-state index in [0.717, 1.165) is 9.80 Å². The molecule has 0 atom stereocenters. The molecular formula is C26H16Cl2N4O6. The maximum atomic E-state index is 13.3. The highest BCUT2D eigenvalue weighted by atomic mass is 35.5. The first kappa shape index (κ1) is 24.9. The summed E-state index contributed by atoms with van der Waals surface area (Å²) < 4.78 is 0. The van der Waals surface area contributed by atoms with Crippen molar-refractivity contribution in [3.63, 3.8) is 0 Å². The van der Waals surface area contributed by atoms with E-state index in [4.69, 9.17) is 23.2 Å². The first-order valence-electron chi connectivity index (χ1n) is 11.0. The summed E-state index contributed by atoms with van der Waals surface area (Å²) in [7, 11) is 0. The molecule has 0 aliphatic carbocycles. The summed E-state index contributed by atoms with van der Waals surface area (Å²) in [6, 6.07) is 17.5. The maximum absolute atomic E-state index is 13.3. The van der Waals surface area contributed by atoms with Gasteiger partial charge in [0.2, 0.25) is 0 Å². The fourth-order valence-electron chi connectivity index (χ4n) is 3.96. The Kier molecular flexibility index (Phi) is 6.27. The Labute approximate surface area is 225 Å². The van der Waals surface area contributed by atoms with E-state index in [1.54, 1.807) is 12.1 Å². The SMILES string of the molecule is O=C1C(Cl)=C(Nc2cccc(O)c2)C(=O)N1c1ccccc1N1C(=O)C(Cl)=C(Nc2cccc(O)c2)C1=O. The first-order valence-corrected chi connectivity index (χ1v) is 11.7. The summed E-state index contributed by atoms with van der Waals surface area (Å²) in [5.41, 5.74) is -0.0655. The predicted molar refractivity (Wildman–Crippen MR) is 141 cm³/mol. The zero-order valence-corrected chi connectivity index (χ0v) is 20.6. The van der Waals surface area contributed by atoms with Gasteiger partial charge < -0.3 is 20.8 Å². The zero-order chi connectivity index (χ0) is 27.1. The van der Waals surface area contributed by atoms with Gasteiger partial charge in [0.15, 0.2) is 0 Å². The van der Waals surface area contributed by atoms with Crippen LogP contribution in [0.1, 0.15) is 0 Å². The molecule has 2 aliphatic rings. The Morgan fingerprint density at radius 2 is 0.947 bits per heavy atom. The number of amides is 4. The van der Waals surface area contributed by atoms with Gasteiger partial charge in [0.25, 0.3) is 23.6 Å². The Bertz CT molecular complexity index is 1500. The number of hydrogen-bond donors (Lipinski definition) is 4. The minimum Gasteiger partial charge on any atom is -0.508 e. The molecule has 12 heteroatoms. The standard InChI is InChI=1S/C26H16Cl2N4O6/c27-19-21(29-13-5-3-7-15(33)11-13)25(37)31(23(19)35)17-9-1-2-10-18(17)32-24(36)20(28)22(26(32)38)30-14-6-4-8-16(34)12-14/h1-12,29-30,33-34H. The molecule has 2 aliphatic heterocycles. The molecule has 3 aromatic carbocycles. The normalized spacial score (nSPS) is 15.7. The molecule has 4 amide bonds. The number of halogens is 2. The average Bonchev–Trinajstić information content (AvgIpc) is 3.22. The number of nitrogens with zero attached hydrogens (tertiary/aromatic N) is 2. The number of anilines is 4. The second kappa shape index (κ2) is 9.58. The Morgan fingerprint density at radius 3 is 1.32 bits per heavy atom. The minimum atomic E-state index is -0.886. The summed E-state index contributed by atoms with van der Waals surface area (Å²) in [5.74, 6) is -3.60. The van der Waals surface area contributed by atoms with Crippen molar-refractivity contribution in [1.29, 1.82) is 0 Å². The van der Waals surface area contributed by atoms with Gasteiger partial charge in [0.1, 0.15) is 33.0 Å². The molecule has 10 nitrogen and oxygen atoms in total. The summed E-state index contributed by atoms with van der Waals surface area (Å²) >= 11 is 12.4. The molecule has 0 fully saturated rings. The Hall–Kier alpha value is -4.80. The Morgan fingerprint density at radius 1 is 0.553 bits per heavy atom. The molecule has 0 bridgehead atoms. The van der Waals surface area contributed by atoms with Crippen LogP contribution in [0.15, 0.2) is 94.3 Å². The lowest BCUT2D eigenvalue weighted by molar-refractivity contribution is -0.122. The molecule has 0 saturated carbocycles. The number of phenols is 2. The molecule has 3 aromatic rings. The van der Waals surface area contributed by atoms with Gasteiger partial charge in [-0.25, -0.2) is 9.80 Å². The third-order valence-electron chi connectivity index (χ3n) is 5.65. The third-order valence-corrected chi connectivity index (χ3v) is 6.35. The van der Waals surface area contributed by atoms with Crippen LogP contribution in [0.5, 0.6) is 11.5 Å². The van der Waals surface area contributed by atoms with E-state index in [1.165, 1.54) is 60.7 Å². The van der Waals surface area contributed by atoms with E-state index in [-0.39, 0.29) is 34.3 Å². The van der Waals surface area contributed by atoms with Gasteiger partial charge in [-0.15, -0.1) is 0 Å². The van der Waals surface area contributed by atoms with Crippen LogP contribution in [0, 0.1) is 0 Å². The highest BCUT2D eigenvalue weighted by Gasteiger charge is 2.44.